The van der Waals surface area contributed by atoms with Gasteiger partial charge in [0.25, 0.3) is 5.91 Å². The maximum absolute atomic E-state index is 13.0. The van der Waals surface area contributed by atoms with Crippen LogP contribution in [0.5, 0.6) is 0 Å². The largest absolute Gasteiger partial charge is 0.449 e. The fourth-order valence-corrected chi connectivity index (χ4v) is 2.79. The molecule has 0 aliphatic carbocycles. The zero-order chi connectivity index (χ0) is 19.5. The molecule has 1 atom stereocenters. The van der Waals surface area contributed by atoms with E-state index in [0.717, 1.165) is 18.4 Å². The molecule has 2 aromatic rings. The molecule has 1 amide bonds. The number of benzene rings is 2. The second-order valence-corrected chi connectivity index (χ2v) is 7.88. The quantitative estimate of drug-likeness (QED) is 0.780. The van der Waals surface area contributed by atoms with Gasteiger partial charge in [0, 0.05) is 6.26 Å². The number of carbonyl (C=O) groups is 2. The lowest BCUT2D eigenvalue weighted by Crippen LogP contribution is -2.30. The van der Waals surface area contributed by atoms with Crippen LogP contribution in [0, 0.1) is 5.82 Å². The van der Waals surface area contributed by atoms with Gasteiger partial charge in [-0.1, -0.05) is 11.6 Å². The first-order valence-electron chi connectivity index (χ1n) is 7.35. The Morgan fingerprint density at radius 2 is 1.77 bits per heavy atom. The van der Waals surface area contributed by atoms with E-state index in [9.17, 15) is 22.4 Å². The van der Waals surface area contributed by atoms with Gasteiger partial charge in [0.15, 0.2) is 15.9 Å². The predicted molar refractivity (Wildman–Crippen MR) is 94.5 cm³/mol. The number of sulfone groups is 1. The van der Waals surface area contributed by atoms with Crippen molar-refractivity contribution in [2.24, 2.45) is 0 Å². The average Bonchev–Trinajstić information content (AvgIpc) is 2.56. The second kappa shape index (κ2) is 7.84. The molecule has 0 aromatic heterocycles. The summed E-state index contributed by atoms with van der Waals surface area (Å²) in [5.74, 6) is -2.00. The van der Waals surface area contributed by atoms with Crippen molar-refractivity contribution in [1.82, 2.24) is 0 Å². The van der Waals surface area contributed by atoms with Crippen molar-refractivity contribution in [3.63, 3.8) is 0 Å². The van der Waals surface area contributed by atoms with E-state index < -0.39 is 33.6 Å². The number of nitrogens with one attached hydrogen (secondary N) is 1. The van der Waals surface area contributed by atoms with Crippen LogP contribution in [0.3, 0.4) is 0 Å². The minimum Gasteiger partial charge on any atom is -0.449 e. The molecule has 0 unspecified atom stereocenters. The molecule has 0 aliphatic heterocycles. The summed E-state index contributed by atoms with van der Waals surface area (Å²) in [6, 6.07) is 8.58. The van der Waals surface area contributed by atoms with Crippen LogP contribution in [-0.2, 0) is 19.4 Å². The Labute approximate surface area is 154 Å². The zero-order valence-electron chi connectivity index (χ0n) is 13.8. The summed E-state index contributed by atoms with van der Waals surface area (Å²) in [5, 5.41) is 2.44. The molecule has 2 rings (SSSR count). The number of ether oxygens (including phenoxy) is 1. The lowest BCUT2D eigenvalue weighted by atomic mass is 10.2. The Morgan fingerprint density at radius 3 is 2.31 bits per heavy atom. The Hall–Kier alpha value is -2.45. The third-order valence-electron chi connectivity index (χ3n) is 3.36. The first kappa shape index (κ1) is 19.9. The molecule has 0 spiro atoms. The highest BCUT2D eigenvalue weighted by molar-refractivity contribution is 7.90. The summed E-state index contributed by atoms with van der Waals surface area (Å²) in [4.78, 5) is 24.2. The number of rotatable bonds is 5. The smallest absolute Gasteiger partial charge is 0.338 e. The van der Waals surface area contributed by atoms with Gasteiger partial charge in [-0.3, -0.25) is 4.79 Å². The van der Waals surface area contributed by atoms with Crippen LogP contribution >= 0.6 is 11.6 Å². The molecule has 2 aromatic carbocycles. The van der Waals surface area contributed by atoms with Gasteiger partial charge in [0.05, 0.1) is 21.2 Å². The SMILES string of the molecule is C[C@H](OC(=O)c1ccc(S(C)(=O)=O)cc1)C(=O)Nc1ccc(F)cc1Cl. The van der Waals surface area contributed by atoms with Crippen LogP contribution in [0.2, 0.25) is 5.02 Å². The predicted octanol–water partition coefficient (Wildman–Crippen LogP) is 3.07. The van der Waals surface area contributed by atoms with Crippen LogP contribution in [-0.4, -0.2) is 32.7 Å². The molecular formula is C17H15ClFNO5S. The molecule has 0 aliphatic rings. The molecule has 26 heavy (non-hydrogen) atoms. The van der Waals surface area contributed by atoms with E-state index in [4.69, 9.17) is 16.3 Å². The van der Waals surface area contributed by atoms with Crippen molar-refractivity contribution in [3.05, 3.63) is 58.9 Å². The van der Waals surface area contributed by atoms with Gasteiger partial charge in [-0.25, -0.2) is 17.6 Å². The fourth-order valence-electron chi connectivity index (χ4n) is 1.95. The van der Waals surface area contributed by atoms with Crippen molar-refractivity contribution in [3.8, 4) is 0 Å². The third kappa shape index (κ3) is 5.03. The average molecular weight is 400 g/mol. The second-order valence-electron chi connectivity index (χ2n) is 5.46. The Bertz CT molecular complexity index is 944. The molecule has 138 valence electrons. The van der Waals surface area contributed by atoms with Crippen LogP contribution in [0.15, 0.2) is 47.4 Å². The van der Waals surface area contributed by atoms with E-state index in [0.29, 0.717) is 0 Å². The van der Waals surface area contributed by atoms with E-state index in [-0.39, 0.29) is 21.2 Å². The maximum Gasteiger partial charge on any atom is 0.338 e. The number of carbonyl (C=O) groups excluding carboxylic acids is 2. The Kier molecular flexibility index (Phi) is 5.99. The molecule has 0 fully saturated rings. The lowest BCUT2D eigenvalue weighted by molar-refractivity contribution is -0.123. The van der Waals surface area contributed by atoms with Crippen molar-refractivity contribution in [2.45, 2.75) is 17.9 Å². The van der Waals surface area contributed by atoms with Crippen LogP contribution in [0.25, 0.3) is 0 Å². The highest BCUT2D eigenvalue weighted by Crippen LogP contribution is 2.22. The number of amides is 1. The molecule has 0 radical (unpaired) electrons. The van der Waals surface area contributed by atoms with Gasteiger partial charge in [-0.05, 0) is 49.4 Å². The van der Waals surface area contributed by atoms with Crippen molar-refractivity contribution < 1.29 is 27.1 Å². The molecular weight excluding hydrogens is 385 g/mol. The number of halogens is 2. The first-order chi connectivity index (χ1) is 12.1. The van der Waals surface area contributed by atoms with E-state index in [1.54, 1.807) is 0 Å². The van der Waals surface area contributed by atoms with E-state index >= 15 is 0 Å². The van der Waals surface area contributed by atoms with Crippen LogP contribution < -0.4 is 5.32 Å². The Balaban J connectivity index is 2.02. The van der Waals surface area contributed by atoms with Crippen molar-refractivity contribution >= 4 is 39.0 Å². The highest BCUT2D eigenvalue weighted by Gasteiger charge is 2.20. The monoisotopic (exact) mass is 399 g/mol. The number of esters is 1. The molecule has 1 N–H and O–H groups in total. The first-order valence-corrected chi connectivity index (χ1v) is 9.62. The fraction of sp³-hybridized carbons (Fsp3) is 0.176. The number of anilines is 1. The maximum atomic E-state index is 13.0. The molecule has 0 bridgehead atoms. The normalized spacial score (nSPS) is 12.3. The van der Waals surface area contributed by atoms with Crippen LogP contribution in [0.4, 0.5) is 10.1 Å². The van der Waals surface area contributed by atoms with Gasteiger partial charge < -0.3 is 10.1 Å². The topological polar surface area (TPSA) is 89.5 Å². The zero-order valence-corrected chi connectivity index (χ0v) is 15.4. The molecule has 9 heteroatoms. The summed E-state index contributed by atoms with van der Waals surface area (Å²) in [6.45, 7) is 1.36. The minimum atomic E-state index is -3.38. The third-order valence-corrected chi connectivity index (χ3v) is 4.80. The van der Waals surface area contributed by atoms with Gasteiger partial charge in [-0.15, -0.1) is 0 Å². The summed E-state index contributed by atoms with van der Waals surface area (Å²) in [5.41, 5.74) is 0.273. The molecule has 0 saturated heterocycles. The van der Waals surface area contributed by atoms with Crippen molar-refractivity contribution in [1.29, 1.82) is 0 Å². The highest BCUT2D eigenvalue weighted by atomic mass is 35.5. The van der Waals surface area contributed by atoms with Crippen molar-refractivity contribution in [2.75, 3.05) is 11.6 Å². The minimum absolute atomic E-state index is 0.00763. The van der Waals surface area contributed by atoms with Gasteiger partial charge >= 0.3 is 5.97 Å². The van der Waals surface area contributed by atoms with Crippen LogP contribution in [0.1, 0.15) is 17.3 Å². The standard InChI is InChI=1S/C17H15ClFNO5S/c1-10(16(21)20-15-8-5-12(19)9-14(15)18)25-17(22)11-3-6-13(7-4-11)26(2,23)24/h3-10H,1-2H3,(H,20,21)/t10-/m0/s1. The number of hydrogen-bond acceptors (Lipinski definition) is 5. The summed E-state index contributed by atoms with van der Waals surface area (Å²) in [7, 11) is -3.38. The summed E-state index contributed by atoms with van der Waals surface area (Å²) >= 11 is 5.82. The number of hydrogen-bond donors (Lipinski definition) is 1. The Morgan fingerprint density at radius 1 is 1.15 bits per heavy atom. The van der Waals surface area contributed by atoms with Gasteiger partial charge in [-0.2, -0.15) is 0 Å². The van der Waals surface area contributed by atoms with E-state index in [1.807, 2.05) is 0 Å². The molecule has 0 saturated carbocycles. The summed E-state index contributed by atoms with van der Waals surface area (Å²) < 4.78 is 40.8. The van der Waals surface area contributed by atoms with Gasteiger partial charge in [0.2, 0.25) is 0 Å². The van der Waals surface area contributed by atoms with E-state index in [1.165, 1.54) is 37.3 Å². The summed E-state index contributed by atoms with van der Waals surface area (Å²) in [6.07, 6.45) is -0.106. The van der Waals surface area contributed by atoms with E-state index in [2.05, 4.69) is 5.32 Å². The lowest BCUT2D eigenvalue weighted by Gasteiger charge is -2.14. The van der Waals surface area contributed by atoms with Gasteiger partial charge in [0.1, 0.15) is 5.82 Å². The molecule has 0 heterocycles. The molecule has 6 nitrogen and oxygen atoms in total.